The van der Waals surface area contributed by atoms with Gasteiger partial charge in [0.05, 0.1) is 12.8 Å². The average molecular weight is 300 g/mol. The zero-order valence-electron chi connectivity index (χ0n) is 11.7. The predicted octanol–water partition coefficient (Wildman–Crippen LogP) is 3.90. The molecule has 106 valence electrons. The van der Waals surface area contributed by atoms with E-state index in [1.165, 1.54) is 5.56 Å². The Morgan fingerprint density at radius 1 is 1.00 bits per heavy atom. The van der Waals surface area contributed by atoms with Gasteiger partial charge in [0.25, 0.3) is 0 Å². The largest absolute Gasteiger partial charge is 0.497 e. The number of benzene rings is 2. The van der Waals surface area contributed by atoms with E-state index in [1.54, 1.807) is 11.8 Å². The summed E-state index contributed by atoms with van der Waals surface area (Å²) in [7, 11) is 1.64. The predicted molar refractivity (Wildman–Crippen MR) is 83.1 cm³/mol. The van der Waals surface area contributed by atoms with Crippen molar-refractivity contribution in [3.63, 3.8) is 0 Å². The van der Waals surface area contributed by atoms with Crippen LogP contribution in [-0.2, 0) is 0 Å². The van der Waals surface area contributed by atoms with E-state index in [1.807, 2.05) is 55.5 Å². The molecule has 5 heteroatoms. The van der Waals surface area contributed by atoms with E-state index in [9.17, 15) is 0 Å². The summed E-state index contributed by atoms with van der Waals surface area (Å²) in [5.41, 5.74) is 2.96. The van der Waals surface area contributed by atoms with Crippen molar-refractivity contribution in [3.8, 4) is 22.8 Å². The fourth-order valence-corrected chi connectivity index (χ4v) is 2.22. The minimum absolute atomic E-state index is 0.338. The molecule has 0 spiro atoms. The number of nitrogens with zero attached hydrogens (tertiary/aromatic N) is 3. The molecule has 0 amide bonds. The van der Waals surface area contributed by atoms with Gasteiger partial charge in [-0.1, -0.05) is 17.7 Å². The highest BCUT2D eigenvalue weighted by Crippen LogP contribution is 2.23. The van der Waals surface area contributed by atoms with Gasteiger partial charge in [0.15, 0.2) is 5.82 Å². The van der Waals surface area contributed by atoms with Gasteiger partial charge in [-0.2, -0.15) is 4.98 Å². The molecule has 3 rings (SSSR count). The van der Waals surface area contributed by atoms with Crippen molar-refractivity contribution in [1.29, 1.82) is 0 Å². The zero-order valence-corrected chi connectivity index (χ0v) is 12.5. The molecule has 1 heterocycles. The second-order valence-electron chi connectivity index (χ2n) is 4.68. The number of aryl methyl sites for hydroxylation is 1. The molecule has 3 aromatic rings. The number of ether oxygens (including phenoxy) is 1. The molecule has 0 radical (unpaired) electrons. The minimum atomic E-state index is 0.338. The summed E-state index contributed by atoms with van der Waals surface area (Å²) in [6.07, 6.45) is 0. The normalized spacial score (nSPS) is 10.6. The molecular weight excluding hydrogens is 286 g/mol. The first-order valence-corrected chi connectivity index (χ1v) is 6.89. The second-order valence-corrected chi connectivity index (χ2v) is 5.02. The fraction of sp³-hybridized carbons (Fsp3) is 0.125. The summed E-state index contributed by atoms with van der Waals surface area (Å²) in [6.45, 7) is 2.04. The molecule has 0 saturated carbocycles. The second kappa shape index (κ2) is 5.58. The van der Waals surface area contributed by atoms with Gasteiger partial charge in [-0.05, 0) is 54.9 Å². The van der Waals surface area contributed by atoms with Crippen molar-refractivity contribution in [1.82, 2.24) is 14.8 Å². The Bertz CT molecular complexity index is 748. The molecule has 0 saturated heterocycles. The Balaban J connectivity index is 1.98. The van der Waals surface area contributed by atoms with Crippen LogP contribution in [0.2, 0.25) is 5.28 Å². The standard InChI is InChI=1S/C16H14ClN3O/c1-11-3-7-13(8-4-11)20-16(17)18-15(19-20)12-5-9-14(21-2)10-6-12/h3-10H,1-2H3. The van der Waals surface area contributed by atoms with Crippen molar-refractivity contribution in [2.45, 2.75) is 6.92 Å². The van der Waals surface area contributed by atoms with Gasteiger partial charge in [-0.15, -0.1) is 5.10 Å². The number of methoxy groups -OCH3 is 1. The first-order chi connectivity index (χ1) is 10.2. The van der Waals surface area contributed by atoms with Crippen LogP contribution in [0.15, 0.2) is 48.5 Å². The topological polar surface area (TPSA) is 39.9 Å². The third-order valence-corrected chi connectivity index (χ3v) is 3.44. The lowest BCUT2D eigenvalue weighted by atomic mass is 10.2. The van der Waals surface area contributed by atoms with Gasteiger partial charge in [0.2, 0.25) is 5.28 Å². The van der Waals surface area contributed by atoms with Crippen LogP contribution in [0.25, 0.3) is 17.1 Å². The van der Waals surface area contributed by atoms with E-state index in [2.05, 4.69) is 10.1 Å². The third-order valence-electron chi connectivity index (χ3n) is 3.19. The van der Waals surface area contributed by atoms with Crippen LogP contribution in [0, 0.1) is 6.92 Å². The number of halogens is 1. The number of rotatable bonds is 3. The first-order valence-electron chi connectivity index (χ1n) is 6.51. The van der Waals surface area contributed by atoms with Gasteiger partial charge in [-0.3, -0.25) is 0 Å². The molecule has 0 N–H and O–H groups in total. The lowest BCUT2D eigenvalue weighted by Crippen LogP contribution is -1.96. The molecule has 0 aliphatic rings. The van der Waals surface area contributed by atoms with Crippen molar-refractivity contribution < 1.29 is 4.74 Å². The van der Waals surface area contributed by atoms with Gasteiger partial charge in [-0.25, -0.2) is 4.68 Å². The molecule has 4 nitrogen and oxygen atoms in total. The molecule has 21 heavy (non-hydrogen) atoms. The van der Waals surface area contributed by atoms with Crippen LogP contribution in [0.3, 0.4) is 0 Å². The van der Waals surface area contributed by atoms with Gasteiger partial charge < -0.3 is 4.74 Å². The maximum Gasteiger partial charge on any atom is 0.226 e. The lowest BCUT2D eigenvalue weighted by Gasteiger charge is -2.02. The lowest BCUT2D eigenvalue weighted by molar-refractivity contribution is 0.415. The van der Waals surface area contributed by atoms with Gasteiger partial charge in [0, 0.05) is 5.56 Å². The van der Waals surface area contributed by atoms with E-state index in [-0.39, 0.29) is 0 Å². The Labute approximate surface area is 128 Å². The Kier molecular flexibility index (Phi) is 3.62. The fourth-order valence-electron chi connectivity index (χ4n) is 2.01. The van der Waals surface area contributed by atoms with Crippen LogP contribution < -0.4 is 4.74 Å². The van der Waals surface area contributed by atoms with Crippen LogP contribution in [0.4, 0.5) is 0 Å². The van der Waals surface area contributed by atoms with Crippen LogP contribution in [-0.4, -0.2) is 21.9 Å². The van der Waals surface area contributed by atoms with E-state index in [4.69, 9.17) is 16.3 Å². The number of hydrogen-bond donors (Lipinski definition) is 0. The maximum atomic E-state index is 6.19. The molecule has 0 aliphatic carbocycles. The number of aromatic nitrogens is 3. The molecular formula is C16H14ClN3O. The first kappa shape index (κ1) is 13.6. The minimum Gasteiger partial charge on any atom is -0.497 e. The molecule has 0 bridgehead atoms. The Morgan fingerprint density at radius 2 is 1.67 bits per heavy atom. The van der Waals surface area contributed by atoms with E-state index in [0.717, 1.165) is 17.0 Å². The van der Waals surface area contributed by atoms with Crippen LogP contribution in [0.1, 0.15) is 5.56 Å². The molecule has 0 unspecified atom stereocenters. The summed E-state index contributed by atoms with van der Waals surface area (Å²) in [6, 6.07) is 15.5. The van der Waals surface area contributed by atoms with Crippen LogP contribution in [0.5, 0.6) is 5.75 Å². The highest BCUT2D eigenvalue weighted by atomic mass is 35.5. The third kappa shape index (κ3) is 2.76. The highest BCUT2D eigenvalue weighted by Gasteiger charge is 2.11. The smallest absolute Gasteiger partial charge is 0.226 e. The molecule has 2 aromatic carbocycles. The number of hydrogen-bond acceptors (Lipinski definition) is 3. The summed E-state index contributed by atoms with van der Waals surface area (Å²) in [5, 5.41) is 4.81. The van der Waals surface area contributed by atoms with Crippen molar-refractivity contribution in [2.75, 3.05) is 7.11 Å². The van der Waals surface area contributed by atoms with Crippen molar-refractivity contribution in [2.24, 2.45) is 0 Å². The monoisotopic (exact) mass is 299 g/mol. The zero-order chi connectivity index (χ0) is 14.8. The molecule has 0 fully saturated rings. The van der Waals surface area contributed by atoms with E-state index >= 15 is 0 Å². The SMILES string of the molecule is COc1ccc(-c2nc(Cl)n(-c3ccc(C)cc3)n2)cc1. The Hall–Kier alpha value is -2.33. The quantitative estimate of drug-likeness (QED) is 0.736. The van der Waals surface area contributed by atoms with Crippen LogP contribution >= 0.6 is 11.6 Å². The molecule has 0 atom stereocenters. The maximum absolute atomic E-state index is 6.19. The summed E-state index contributed by atoms with van der Waals surface area (Å²) in [5.74, 6) is 1.38. The van der Waals surface area contributed by atoms with Crippen molar-refractivity contribution in [3.05, 3.63) is 59.4 Å². The Morgan fingerprint density at radius 3 is 2.29 bits per heavy atom. The summed E-state index contributed by atoms with van der Waals surface area (Å²) in [4.78, 5) is 4.31. The highest BCUT2D eigenvalue weighted by molar-refractivity contribution is 6.28. The van der Waals surface area contributed by atoms with E-state index in [0.29, 0.717) is 11.1 Å². The molecule has 0 aliphatic heterocycles. The molecule has 1 aromatic heterocycles. The summed E-state index contributed by atoms with van der Waals surface area (Å²) >= 11 is 6.19. The van der Waals surface area contributed by atoms with Gasteiger partial charge in [0.1, 0.15) is 5.75 Å². The average Bonchev–Trinajstić information content (AvgIpc) is 2.90. The van der Waals surface area contributed by atoms with Gasteiger partial charge >= 0.3 is 0 Å². The van der Waals surface area contributed by atoms with Crippen molar-refractivity contribution >= 4 is 11.6 Å². The summed E-state index contributed by atoms with van der Waals surface area (Å²) < 4.78 is 6.77. The van der Waals surface area contributed by atoms with E-state index < -0.39 is 0 Å².